The summed E-state index contributed by atoms with van der Waals surface area (Å²) in [6.45, 7) is 7.78. The maximum absolute atomic E-state index is 3.20. The normalized spacial score (nSPS) is 13.6. The van der Waals surface area contributed by atoms with Crippen molar-refractivity contribution in [2.24, 2.45) is 5.92 Å². The summed E-state index contributed by atoms with van der Waals surface area (Å²) in [7, 11) is 8.46. The van der Waals surface area contributed by atoms with Gasteiger partial charge in [-0.25, -0.2) is 0 Å². The molecule has 14 heavy (non-hydrogen) atoms. The summed E-state index contributed by atoms with van der Waals surface area (Å²) in [5.74, 6) is 0.691. The number of rotatable bonds is 8. The molecule has 4 heteroatoms. The Morgan fingerprint density at radius 3 is 2.43 bits per heavy atom. The highest BCUT2D eigenvalue weighted by atomic mass is 15.2. The lowest BCUT2D eigenvalue weighted by Gasteiger charge is -2.24. The Morgan fingerprint density at radius 1 is 1.29 bits per heavy atom. The molecule has 0 bridgehead atoms. The fraction of sp³-hybridized carbons (Fsp3) is 1.00. The summed E-state index contributed by atoms with van der Waals surface area (Å²) in [6, 6.07) is 0. The van der Waals surface area contributed by atoms with Crippen LogP contribution in [0.3, 0.4) is 0 Å². The molecule has 0 amide bonds. The smallest absolute Gasteiger partial charge is 0.312 e. The molecule has 1 unspecified atom stereocenters. The molecule has 0 saturated carbocycles. The third kappa shape index (κ3) is 7.36. The van der Waals surface area contributed by atoms with Gasteiger partial charge in [-0.05, 0) is 53.1 Å². The van der Waals surface area contributed by atoms with E-state index < -0.39 is 0 Å². The number of hydrogen-bond acceptors (Lipinski definition) is 3. The van der Waals surface area contributed by atoms with Crippen LogP contribution in [0.2, 0.25) is 0 Å². The molecule has 0 aromatic heterocycles. The zero-order valence-corrected chi connectivity index (χ0v) is 10.4. The van der Waals surface area contributed by atoms with Crippen molar-refractivity contribution in [1.29, 1.82) is 0 Å². The van der Waals surface area contributed by atoms with Gasteiger partial charge in [0.2, 0.25) is 0 Å². The van der Waals surface area contributed by atoms with E-state index in [-0.39, 0.29) is 0 Å². The van der Waals surface area contributed by atoms with E-state index in [1.807, 2.05) is 7.05 Å². The SMILES string of the molecule is CCCN(C)[B]N(C)CC(C)CNC. The third-order valence-electron chi connectivity index (χ3n) is 2.12. The highest BCUT2D eigenvalue weighted by Gasteiger charge is 2.09. The van der Waals surface area contributed by atoms with Gasteiger partial charge in [-0.3, -0.25) is 0 Å². The molecule has 3 nitrogen and oxygen atoms in total. The van der Waals surface area contributed by atoms with Crippen LogP contribution in [0.25, 0.3) is 0 Å². The first-order valence-corrected chi connectivity index (χ1v) is 5.50. The topological polar surface area (TPSA) is 18.5 Å². The Balaban J connectivity index is 3.57. The first-order valence-electron chi connectivity index (χ1n) is 5.50. The molecule has 0 aliphatic carbocycles. The zero-order chi connectivity index (χ0) is 11.0. The molecule has 0 aromatic carbocycles. The maximum atomic E-state index is 3.20. The fourth-order valence-electron chi connectivity index (χ4n) is 1.70. The second kappa shape index (κ2) is 8.27. The molecule has 1 radical (unpaired) electrons. The van der Waals surface area contributed by atoms with Gasteiger partial charge < -0.3 is 14.9 Å². The molecule has 1 atom stereocenters. The van der Waals surface area contributed by atoms with Crippen LogP contribution in [0.5, 0.6) is 0 Å². The molecule has 0 aliphatic heterocycles. The number of hydrogen-bond donors (Lipinski definition) is 1. The Kier molecular flexibility index (Phi) is 8.24. The average molecular weight is 198 g/mol. The van der Waals surface area contributed by atoms with Gasteiger partial charge in [0.15, 0.2) is 0 Å². The molecular formula is C10H25BN3. The van der Waals surface area contributed by atoms with Gasteiger partial charge >= 0.3 is 7.55 Å². The van der Waals surface area contributed by atoms with Crippen molar-refractivity contribution in [3.63, 3.8) is 0 Å². The van der Waals surface area contributed by atoms with E-state index in [2.05, 4.69) is 50.4 Å². The fourth-order valence-corrected chi connectivity index (χ4v) is 1.70. The van der Waals surface area contributed by atoms with E-state index in [0.29, 0.717) is 5.92 Å². The van der Waals surface area contributed by atoms with Crippen LogP contribution in [-0.2, 0) is 0 Å². The largest absolute Gasteiger partial charge is 0.335 e. The van der Waals surface area contributed by atoms with E-state index in [9.17, 15) is 0 Å². The highest BCUT2D eigenvalue weighted by Crippen LogP contribution is 1.96. The summed E-state index contributed by atoms with van der Waals surface area (Å²) >= 11 is 0. The number of nitrogens with zero attached hydrogens (tertiary/aromatic N) is 2. The Bertz CT molecular complexity index is 119. The van der Waals surface area contributed by atoms with Crippen LogP contribution in [-0.4, -0.2) is 57.9 Å². The van der Waals surface area contributed by atoms with E-state index in [1.54, 1.807) is 0 Å². The van der Waals surface area contributed by atoms with Crippen LogP contribution in [0.1, 0.15) is 20.3 Å². The molecule has 0 spiro atoms. The summed E-state index contributed by atoms with van der Waals surface area (Å²) in [5.41, 5.74) is 0. The van der Waals surface area contributed by atoms with Crippen LogP contribution in [0.15, 0.2) is 0 Å². The lowest BCUT2D eigenvalue weighted by Crippen LogP contribution is -2.40. The minimum Gasteiger partial charge on any atom is -0.335 e. The number of nitrogens with one attached hydrogen (secondary N) is 1. The van der Waals surface area contributed by atoms with Crippen molar-refractivity contribution >= 4 is 7.55 Å². The van der Waals surface area contributed by atoms with Gasteiger partial charge in [0.1, 0.15) is 0 Å². The van der Waals surface area contributed by atoms with Gasteiger partial charge in [0, 0.05) is 0 Å². The lowest BCUT2D eigenvalue weighted by atomic mass is 10.0. The first-order chi connectivity index (χ1) is 6.60. The van der Waals surface area contributed by atoms with Gasteiger partial charge in [-0.2, -0.15) is 0 Å². The summed E-state index contributed by atoms with van der Waals surface area (Å²) in [4.78, 5) is 4.50. The molecule has 0 rings (SSSR count). The van der Waals surface area contributed by atoms with Crippen LogP contribution in [0.4, 0.5) is 0 Å². The van der Waals surface area contributed by atoms with Crippen LogP contribution < -0.4 is 5.32 Å². The molecule has 0 aromatic rings. The van der Waals surface area contributed by atoms with Gasteiger partial charge in [-0.1, -0.05) is 13.8 Å². The molecule has 0 saturated heterocycles. The quantitative estimate of drug-likeness (QED) is 0.578. The first kappa shape index (κ1) is 13.9. The maximum Gasteiger partial charge on any atom is 0.312 e. The minimum atomic E-state index is 0.691. The molecule has 0 fully saturated rings. The van der Waals surface area contributed by atoms with Crippen molar-refractivity contribution in [3.05, 3.63) is 0 Å². The monoisotopic (exact) mass is 198 g/mol. The lowest BCUT2D eigenvalue weighted by molar-refractivity contribution is 0.377. The predicted molar refractivity (Wildman–Crippen MR) is 64.4 cm³/mol. The van der Waals surface area contributed by atoms with E-state index in [4.69, 9.17) is 0 Å². The predicted octanol–water partition coefficient (Wildman–Crippen LogP) is 0.650. The molecule has 0 aliphatic rings. The average Bonchev–Trinajstić information content (AvgIpc) is 2.03. The zero-order valence-electron chi connectivity index (χ0n) is 10.4. The third-order valence-corrected chi connectivity index (χ3v) is 2.12. The summed E-state index contributed by atoms with van der Waals surface area (Å²) in [6.07, 6.45) is 1.20. The van der Waals surface area contributed by atoms with E-state index >= 15 is 0 Å². The van der Waals surface area contributed by atoms with Gasteiger partial charge in [-0.15, -0.1) is 0 Å². The summed E-state index contributed by atoms with van der Waals surface area (Å²) in [5, 5.41) is 3.20. The van der Waals surface area contributed by atoms with E-state index in [1.165, 1.54) is 6.42 Å². The standard InChI is InChI=1S/C10H25BN3/c1-6-7-13(4)11-14(5)9-10(2)8-12-3/h10,12H,6-9H2,1-5H3. The molecule has 83 valence electrons. The molecule has 1 N–H and O–H groups in total. The Labute approximate surface area is 90.1 Å². The van der Waals surface area contributed by atoms with Gasteiger partial charge in [0.25, 0.3) is 0 Å². The highest BCUT2D eigenvalue weighted by molar-refractivity contribution is 6.28. The van der Waals surface area contributed by atoms with Crippen molar-refractivity contribution in [3.8, 4) is 0 Å². The molecular weight excluding hydrogens is 173 g/mol. The Hall–Kier alpha value is -0.0551. The van der Waals surface area contributed by atoms with Crippen molar-refractivity contribution in [1.82, 2.24) is 14.9 Å². The summed E-state index contributed by atoms with van der Waals surface area (Å²) < 4.78 is 0. The van der Waals surface area contributed by atoms with Crippen molar-refractivity contribution in [2.45, 2.75) is 20.3 Å². The van der Waals surface area contributed by atoms with Crippen molar-refractivity contribution < 1.29 is 0 Å². The van der Waals surface area contributed by atoms with Crippen molar-refractivity contribution in [2.75, 3.05) is 40.8 Å². The molecule has 0 heterocycles. The second-order valence-electron chi connectivity index (χ2n) is 4.20. The second-order valence-corrected chi connectivity index (χ2v) is 4.20. The van der Waals surface area contributed by atoms with Crippen LogP contribution >= 0.6 is 0 Å². The minimum absolute atomic E-state index is 0.691. The Morgan fingerprint density at radius 2 is 1.93 bits per heavy atom. The van der Waals surface area contributed by atoms with E-state index in [0.717, 1.165) is 19.6 Å². The van der Waals surface area contributed by atoms with Gasteiger partial charge in [0.05, 0.1) is 0 Å². The van der Waals surface area contributed by atoms with Crippen LogP contribution in [0, 0.1) is 5.92 Å².